The molecule has 0 fully saturated rings. The number of sulfonamides is 1. The van der Waals surface area contributed by atoms with Gasteiger partial charge in [-0.05, 0) is 49.9 Å². The van der Waals surface area contributed by atoms with Crippen LogP contribution in [0.2, 0.25) is 0 Å². The molecule has 0 aromatic heterocycles. The maximum absolute atomic E-state index is 12.9. The highest BCUT2D eigenvalue weighted by Crippen LogP contribution is 2.20. The summed E-state index contributed by atoms with van der Waals surface area (Å²) in [5, 5.41) is 0. The predicted molar refractivity (Wildman–Crippen MR) is 82.9 cm³/mol. The molecule has 1 unspecified atom stereocenters. The van der Waals surface area contributed by atoms with Crippen LogP contribution >= 0.6 is 0 Å². The fourth-order valence-corrected chi connectivity index (χ4v) is 2.71. The lowest BCUT2D eigenvalue weighted by Crippen LogP contribution is -2.19. The summed E-state index contributed by atoms with van der Waals surface area (Å²) in [6, 6.07) is 11.2. The normalized spacial score (nSPS) is 12.7. The van der Waals surface area contributed by atoms with Gasteiger partial charge >= 0.3 is 5.97 Å². The van der Waals surface area contributed by atoms with E-state index in [-0.39, 0.29) is 16.3 Å². The summed E-state index contributed by atoms with van der Waals surface area (Å²) in [5.41, 5.74) is 0.758. The number of esters is 1. The predicted octanol–water partition coefficient (Wildman–Crippen LogP) is 2.65. The third-order valence-electron chi connectivity index (χ3n) is 3.27. The van der Waals surface area contributed by atoms with Crippen LogP contribution < -0.4 is 4.72 Å². The third-order valence-corrected chi connectivity index (χ3v) is 4.68. The molecular weight excluding hydrogens is 321 g/mol. The minimum atomic E-state index is -3.64. The van der Waals surface area contributed by atoms with Gasteiger partial charge in [-0.3, -0.25) is 0 Å². The second kappa shape index (κ2) is 6.89. The summed E-state index contributed by atoms with van der Waals surface area (Å²) >= 11 is 0. The average molecular weight is 337 g/mol. The Morgan fingerprint density at radius 3 is 2.43 bits per heavy atom. The summed E-state index contributed by atoms with van der Waals surface area (Å²) in [5.74, 6) is -1.03. The van der Waals surface area contributed by atoms with E-state index in [1.54, 1.807) is 6.92 Å². The molecule has 0 saturated carbocycles. The van der Waals surface area contributed by atoms with Crippen molar-refractivity contribution in [1.29, 1.82) is 0 Å². The van der Waals surface area contributed by atoms with Crippen molar-refractivity contribution in [1.82, 2.24) is 4.72 Å². The highest BCUT2D eigenvalue weighted by molar-refractivity contribution is 7.89. The number of carbonyl (C=O) groups excluding carboxylic acids is 1. The average Bonchev–Trinajstić information content (AvgIpc) is 2.55. The van der Waals surface area contributed by atoms with Crippen LogP contribution in [0.4, 0.5) is 4.39 Å². The molecule has 0 saturated heterocycles. The molecule has 7 heteroatoms. The molecule has 5 nitrogen and oxygen atoms in total. The van der Waals surface area contributed by atoms with Crippen molar-refractivity contribution in [2.24, 2.45) is 0 Å². The molecule has 0 bridgehead atoms. The Hall–Kier alpha value is -2.25. The molecule has 0 spiro atoms. The van der Waals surface area contributed by atoms with Gasteiger partial charge in [0.2, 0.25) is 10.0 Å². The Morgan fingerprint density at radius 1 is 1.17 bits per heavy atom. The van der Waals surface area contributed by atoms with Crippen LogP contribution in [0, 0.1) is 5.82 Å². The van der Waals surface area contributed by atoms with Crippen molar-refractivity contribution in [3.63, 3.8) is 0 Å². The Kier molecular flexibility index (Phi) is 5.12. The Bertz CT molecular complexity index is 803. The first kappa shape index (κ1) is 17.1. The minimum Gasteiger partial charge on any atom is -0.454 e. The summed E-state index contributed by atoms with van der Waals surface area (Å²) in [4.78, 5) is 12.1. The fraction of sp³-hybridized carbons (Fsp3) is 0.188. The Morgan fingerprint density at radius 2 is 1.83 bits per heavy atom. The van der Waals surface area contributed by atoms with Gasteiger partial charge in [-0.15, -0.1) is 0 Å². The van der Waals surface area contributed by atoms with E-state index >= 15 is 0 Å². The Labute approximate surface area is 134 Å². The second-order valence-corrected chi connectivity index (χ2v) is 6.72. The molecule has 23 heavy (non-hydrogen) atoms. The van der Waals surface area contributed by atoms with Crippen molar-refractivity contribution >= 4 is 16.0 Å². The highest BCUT2D eigenvalue weighted by atomic mass is 32.2. The van der Waals surface area contributed by atoms with Gasteiger partial charge in [-0.1, -0.05) is 18.2 Å². The number of nitrogens with one attached hydrogen (secondary N) is 1. The van der Waals surface area contributed by atoms with Crippen molar-refractivity contribution in [2.75, 3.05) is 7.05 Å². The zero-order valence-electron chi connectivity index (χ0n) is 12.6. The molecule has 2 aromatic rings. The number of hydrogen-bond acceptors (Lipinski definition) is 4. The van der Waals surface area contributed by atoms with Crippen LogP contribution in [0.1, 0.15) is 28.9 Å². The summed E-state index contributed by atoms with van der Waals surface area (Å²) in [7, 11) is -2.35. The molecule has 122 valence electrons. The zero-order chi connectivity index (χ0) is 17.0. The largest absolute Gasteiger partial charge is 0.454 e. The van der Waals surface area contributed by atoms with Crippen LogP contribution in [0.3, 0.4) is 0 Å². The summed E-state index contributed by atoms with van der Waals surface area (Å²) in [6.07, 6.45) is -0.590. The van der Waals surface area contributed by atoms with Gasteiger partial charge in [0.15, 0.2) is 0 Å². The molecule has 2 rings (SSSR count). The standard InChI is InChI=1S/C16H16FNO4S/c1-11(12-6-8-14(17)9-7-12)22-16(19)13-4-3-5-15(10-13)23(20,21)18-2/h3-11,18H,1-2H3. The van der Waals surface area contributed by atoms with Gasteiger partial charge < -0.3 is 4.74 Å². The van der Waals surface area contributed by atoms with Crippen LogP contribution in [0.5, 0.6) is 0 Å². The minimum absolute atomic E-state index is 0.0242. The van der Waals surface area contributed by atoms with E-state index < -0.39 is 22.1 Å². The molecule has 0 aliphatic carbocycles. The quantitative estimate of drug-likeness (QED) is 0.852. The number of halogens is 1. The monoisotopic (exact) mass is 337 g/mol. The number of carbonyl (C=O) groups is 1. The molecule has 0 aliphatic heterocycles. The molecule has 1 N–H and O–H groups in total. The maximum Gasteiger partial charge on any atom is 0.338 e. The number of rotatable bonds is 5. The zero-order valence-corrected chi connectivity index (χ0v) is 13.4. The molecular formula is C16H16FNO4S. The van der Waals surface area contributed by atoms with E-state index in [1.165, 1.54) is 55.6 Å². The molecule has 0 radical (unpaired) electrons. The van der Waals surface area contributed by atoms with Crippen LogP contribution in [0.15, 0.2) is 53.4 Å². The topological polar surface area (TPSA) is 72.5 Å². The van der Waals surface area contributed by atoms with Gasteiger partial charge in [0.25, 0.3) is 0 Å². The van der Waals surface area contributed by atoms with E-state index in [4.69, 9.17) is 4.74 Å². The van der Waals surface area contributed by atoms with E-state index in [0.717, 1.165) is 0 Å². The van der Waals surface area contributed by atoms with Gasteiger partial charge in [0.05, 0.1) is 10.5 Å². The molecule has 0 heterocycles. The van der Waals surface area contributed by atoms with Crippen molar-refractivity contribution < 1.29 is 22.3 Å². The lowest BCUT2D eigenvalue weighted by atomic mass is 10.1. The smallest absolute Gasteiger partial charge is 0.338 e. The second-order valence-electron chi connectivity index (χ2n) is 4.83. The van der Waals surface area contributed by atoms with E-state index in [0.29, 0.717) is 5.56 Å². The lowest BCUT2D eigenvalue weighted by Gasteiger charge is -2.14. The van der Waals surface area contributed by atoms with Gasteiger partial charge in [0, 0.05) is 0 Å². The summed E-state index contributed by atoms with van der Waals surface area (Å²) in [6.45, 7) is 1.65. The molecule has 0 aliphatic rings. The van der Waals surface area contributed by atoms with Gasteiger partial charge in [0.1, 0.15) is 11.9 Å². The lowest BCUT2D eigenvalue weighted by molar-refractivity contribution is 0.0337. The SMILES string of the molecule is CNS(=O)(=O)c1cccc(C(=O)OC(C)c2ccc(F)cc2)c1. The first-order valence-electron chi connectivity index (χ1n) is 6.83. The summed E-state index contributed by atoms with van der Waals surface area (Å²) < 4.78 is 43.9. The van der Waals surface area contributed by atoms with Crippen LogP contribution in [-0.2, 0) is 14.8 Å². The van der Waals surface area contributed by atoms with Gasteiger partial charge in [-0.2, -0.15) is 0 Å². The van der Waals surface area contributed by atoms with Crippen LogP contribution in [0.25, 0.3) is 0 Å². The number of ether oxygens (including phenoxy) is 1. The van der Waals surface area contributed by atoms with Crippen molar-refractivity contribution in [3.05, 3.63) is 65.5 Å². The molecule has 1 atom stereocenters. The highest BCUT2D eigenvalue weighted by Gasteiger charge is 2.17. The van der Waals surface area contributed by atoms with Crippen LogP contribution in [-0.4, -0.2) is 21.4 Å². The third kappa shape index (κ3) is 4.14. The number of benzene rings is 2. The van der Waals surface area contributed by atoms with E-state index in [9.17, 15) is 17.6 Å². The van der Waals surface area contributed by atoms with Gasteiger partial charge in [-0.25, -0.2) is 22.3 Å². The fourth-order valence-electron chi connectivity index (χ4n) is 1.94. The Balaban J connectivity index is 2.18. The maximum atomic E-state index is 12.9. The van der Waals surface area contributed by atoms with Crippen molar-refractivity contribution in [3.8, 4) is 0 Å². The first-order chi connectivity index (χ1) is 10.8. The number of hydrogen-bond donors (Lipinski definition) is 1. The molecule has 0 amide bonds. The van der Waals surface area contributed by atoms with E-state index in [1.807, 2.05) is 0 Å². The molecule has 2 aromatic carbocycles. The van der Waals surface area contributed by atoms with Crippen molar-refractivity contribution in [2.45, 2.75) is 17.9 Å². The first-order valence-corrected chi connectivity index (χ1v) is 8.32. The van der Waals surface area contributed by atoms with E-state index in [2.05, 4.69) is 4.72 Å².